The average molecular weight is 404 g/mol. The van der Waals surface area contributed by atoms with E-state index in [0.29, 0.717) is 11.5 Å². The molecular formula is C22H28O7. The molecule has 29 heavy (non-hydrogen) atoms. The maximum Gasteiger partial charge on any atom is 0.339 e. The number of aliphatic hydroxyl groups is 2. The van der Waals surface area contributed by atoms with Crippen LogP contribution in [0.15, 0.2) is 45.7 Å². The molecule has 3 rings (SSSR count). The lowest BCUT2D eigenvalue weighted by atomic mass is 9.69. The van der Waals surface area contributed by atoms with Crippen molar-refractivity contribution in [2.24, 2.45) is 5.41 Å². The minimum absolute atomic E-state index is 0.423. The Balaban J connectivity index is 1.65. The number of methoxy groups -OCH3 is 1. The third-order valence-corrected chi connectivity index (χ3v) is 6.21. The van der Waals surface area contributed by atoms with Crippen LogP contribution < -0.4 is 10.4 Å². The number of hydrogen-bond acceptors (Lipinski definition) is 7. The van der Waals surface area contributed by atoms with E-state index in [1.54, 1.807) is 64.2 Å². The first kappa shape index (κ1) is 21.5. The van der Waals surface area contributed by atoms with Crippen molar-refractivity contribution in [3.63, 3.8) is 0 Å². The zero-order chi connectivity index (χ0) is 21.4. The lowest BCUT2D eigenvalue weighted by molar-refractivity contribution is -0.139. The van der Waals surface area contributed by atoms with Crippen molar-refractivity contribution in [2.45, 2.75) is 57.9 Å². The van der Waals surface area contributed by atoms with Crippen molar-refractivity contribution in [2.75, 3.05) is 7.11 Å². The van der Waals surface area contributed by atoms with Crippen molar-refractivity contribution in [3.05, 3.63) is 58.2 Å². The third kappa shape index (κ3) is 3.59. The van der Waals surface area contributed by atoms with Crippen LogP contribution in [0, 0.1) is 12.3 Å². The monoisotopic (exact) mass is 404 g/mol. The van der Waals surface area contributed by atoms with Gasteiger partial charge in [-0.25, -0.2) is 4.79 Å². The zero-order valence-electron chi connectivity index (χ0n) is 17.3. The number of allylic oxidation sites excluding steroid dienone is 4. The normalized spacial score (nSPS) is 37.2. The number of aliphatic hydroxyl groups excluding tert-OH is 1. The third-order valence-electron chi connectivity index (χ3n) is 6.21. The van der Waals surface area contributed by atoms with E-state index in [4.69, 9.17) is 18.6 Å². The summed E-state index contributed by atoms with van der Waals surface area (Å²) in [7, 11) is 1.50. The summed E-state index contributed by atoms with van der Waals surface area (Å²) in [5.41, 5.74) is -1.85. The van der Waals surface area contributed by atoms with Crippen LogP contribution in [-0.4, -0.2) is 47.5 Å². The van der Waals surface area contributed by atoms with Crippen molar-refractivity contribution >= 4 is 6.08 Å². The second-order valence-corrected chi connectivity index (χ2v) is 7.84. The van der Waals surface area contributed by atoms with E-state index in [1.165, 1.54) is 13.2 Å². The Hall–Kier alpha value is -2.19. The molecule has 0 saturated carbocycles. The quantitative estimate of drug-likeness (QED) is 0.727. The largest absolute Gasteiger partial charge is 0.496 e. The van der Waals surface area contributed by atoms with Crippen LogP contribution in [0.1, 0.15) is 32.1 Å². The molecule has 0 radical (unpaired) electrons. The molecule has 3 heterocycles. The molecule has 2 N–H and O–H groups in total. The van der Waals surface area contributed by atoms with Crippen LogP contribution >= 0.6 is 0 Å². The minimum atomic E-state index is -1.20. The van der Waals surface area contributed by atoms with Crippen LogP contribution in [-0.2, 0) is 9.47 Å². The summed E-state index contributed by atoms with van der Waals surface area (Å²) < 4.78 is 21.8. The molecule has 0 aliphatic carbocycles. The van der Waals surface area contributed by atoms with Gasteiger partial charge in [-0.1, -0.05) is 30.4 Å². The Morgan fingerprint density at radius 3 is 2.52 bits per heavy atom. The smallest absolute Gasteiger partial charge is 0.339 e. The van der Waals surface area contributed by atoms with Crippen molar-refractivity contribution in [1.82, 2.24) is 0 Å². The fraction of sp³-hybridized carbons (Fsp3) is 0.500. The van der Waals surface area contributed by atoms with Gasteiger partial charge in [0.15, 0.2) is 6.29 Å². The van der Waals surface area contributed by atoms with E-state index in [0.717, 1.165) is 5.56 Å². The molecule has 7 heteroatoms. The van der Waals surface area contributed by atoms with Gasteiger partial charge in [0.1, 0.15) is 23.2 Å². The zero-order valence-corrected chi connectivity index (χ0v) is 17.3. The lowest BCUT2D eigenvalue weighted by Crippen LogP contribution is -2.53. The first-order valence-electron chi connectivity index (χ1n) is 9.54. The van der Waals surface area contributed by atoms with Gasteiger partial charge in [0.05, 0.1) is 30.8 Å². The number of hydrogen-bond donors (Lipinski definition) is 2. The van der Waals surface area contributed by atoms with Crippen molar-refractivity contribution in [1.29, 1.82) is 0 Å². The molecule has 7 nitrogen and oxygen atoms in total. The molecular weight excluding hydrogens is 376 g/mol. The highest BCUT2D eigenvalue weighted by Crippen LogP contribution is 2.54. The minimum Gasteiger partial charge on any atom is -0.496 e. The molecule has 2 aliphatic rings. The summed E-state index contributed by atoms with van der Waals surface area (Å²) in [6, 6.07) is 1.30. The summed E-state index contributed by atoms with van der Waals surface area (Å²) in [5.74, 6) is 0.899. The van der Waals surface area contributed by atoms with Gasteiger partial charge in [-0.05, 0) is 33.8 Å². The van der Waals surface area contributed by atoms with Gasteiger partial charge in [-0.2, -0.15) is 0 Å². The topological polar surface area (TPSA) is 98.4 Å². The maximum atomic E-state index is 11.5. The Kier molecular flexibility index (Phi) is 5.87. The summed E-state index contributed by atoms with van der Waals surface area (Å²) in [6.45, 7) is 7.02. The fourth-order valence-electron chi connectivity index (χ4n) is 3.82. The highest BCUT2D eigenvalue weighted by molar-refractivity contribution is 5.52. The number of rotatable bonds is 5. The molecule has 2 aliphatic heterocycles. The van der Waals surface area contributed by atoms with Crippen LogP contribution in [0.25, 0.3) is 6.08 Å². The van der Waals surface area contributed by atoms with E-state index in [9.17, 15) is 15.0 Å². The van der Waals surface area contributed by atoms with Gasteiger partial charge in [0.2, 0.25) is 0 Å². The summed E-state index contributed by atoms with van der Waals surface area (Å²) in [6.07, 6.45) is 7.80. The molecule has 1 aromatic heterocycles. The first-order chi connectivity index (χ1) is 13.6. The maximum absolute atomic E-state index is 11.5. The number of fused-ring (bicyclic) bond motifs is 1. The van der Waals surface area contributed by atoms with Gasteiger partial charge >= 0.3 is 5.63 Å². The van der Waals surface area contributed by atoms with E-state index in [2.05, 4.69) is 0 Å². The van der Waals surface area contributed by atoms with E-state index < -0.39 is 41.2 Å². The Labute approximate surface area is 169 Å². The molecule has 0 spiro atoms. The van der Waals surface area contributed by atoms with Crippen LogP contribution in [0.4, 0.5) is 0 Å². The molecule has 0 bridgehead atoms. The predicted molar refractivity (Wildman–Crippen MR) is 108 cm³/mol. The highest BCUT2D eigenvalue weighted by atomic mass is 16.7. The van der Waals surface area contributed by atoms with E-state index in [-0.39, 0.29) is 0 Å². The second kappa shape index (κ2) is 7.91. The van der Waals surface area contributed by atoms with Gasteiger partial charge in [0.25, 0.3) is 0 Å². The van der Waals surface area contributed by atoms with Crippen LogP contribution in [0.5, 0.6) is 5.75 Å². The first-order valence-corrected chi connectivity index (χ1v) is 9.54. The van der Waals surface area contributed by atoms with Crippen molar-refractivity contribution < 1.29 is 28.8 Å². The molecule has 0 amide bonds. The van der Waals surface area contributed by atoms with E-state index >= 15 is 0 Å². The summed E-state index contributed by atoms with van der Waals surface area (Å²) >= 11 is 0. The molecule has 1 aromatic rings. The lowest BCUT2D eigenvalue weighted by Gasteiger charge is -2.38. The van der Waals surface area contributed by atoms with Gasteiger partial charge in [-0.15, -0.1) is 0 Å². The summed E-state index contributed by atoms with van der Waals surface area (Å²) in [4.78, 5) is 11.5. The molecule has 0 aromatic carbocycles. The van der Waals surface area contributed by atoms with Crippen LogP contribution in [0.3, 0.4) is 0 Å². The molecule has 0 unspecified atom stereocenters. The average Bonchev–Trinajstić information content (AvgIpc) is 3.01. The van der Waals surface area contributed by atoms with Gasteiger partial charge in [0, 0.05) is 5.56 Å². The number of ether oxygens (including phenoxy) is 3. The predicted octanol–water partition coefficient (Wildman–Crippen LogP) is 2.34. The molecule has 158 valence electrons. The van der Waals surface area contributed by atoms with Gasteiger partial charge < -0.3 is 28.8 Å². The van der Waals surface area contributed by atoms with Gasteiger partial charge in [-0.3, -0.25) is 0 Å². The molecule has 2 fully saturated rings. The Morgan fingerprint density at radius 2 is 1.86 bits per heavy atom. The fourth-order valence-corrected chi connectivity index (χ4v) is 3.82. The Morgan fingerprint density at radius 1 is 1.17 bits per heavy atom. The van der Waals surface area contributed by atoms with Crippen molar-refractivity contribution in [3.8, 4) is 5.75 Å². The molecule has 6 atom stereocenters. The van der Waals surface area contributed by atoms with Crippen LogP contribution in [0.2, 0.25) is 0 Å². The SMILES string of the molecule is COc1cc(=O)oc(/C=C/C=C/C=C/[C@@H]2O[C@@H]3O[C@@H](C)[C@@](C)(O)[C@]3(C)[C@@H]2O)c1C. The highest BCUT2D eigenvalue weighted by Gasteiger charge is 2.68. The molecule has 2 saturated heterocycles. The van der Waals surface area contributed by atoms with E-state index in [1.807, 2.05) is 0 Å². The second-order valence-electron chi connectivity index (χ2n) is 7.84. The summed E-state index contributed by atoms with van der Waals surface area (Å²) in [5, 5.41) is 21.5. The Bertz CT molecular complexity index is 895. The standard InChI is InChI=1S/C22H28O7/c1-13-15(28-18(23)12-17(13)26-5)10-8-6-7-9-11-16-19(24)21(3)20(29-16)27-14(2)22(21,4)25/h6-12,14,16,19-20,24-25H,1-5H3/b7-6+,10-8+,11-9+/t14-,16-,19+,20-,21+,22+/m0/s1.